The molecule has 2 atom stereocenters. The van der Waals surface area contributed by atoms with E-state index in [0.717, 1.165) is 29.8 Å². The topological polar surface area (TPSA) is 92.3 Å². The molecule has 1 aromatic carbocycles. The van der Waals surface area contributed by atoms with Crippen LogP contribution < -0.4 is 15.5 Å². The maximum Gasteiger partial charge on any atom is 0.414 e. The molecule has 8 nitrogen and oxygen atoms in total. The third-order valence-electron chi connectivity index (χ3n) is 4.27. The number of hydrogen-bond acceptors (Lipinski definition) is 6. The first-order chi connectivity index (χ1) is 12.1. The molecule has 1 saturated heterocycles. The van der Waals surface area contributed by atoms with Crippen LogP contribution >= 0.6 is 0 Å². The Morgan fingerprint density at radius 3 is 3.16 bits per heavy atom. The number of rotatable bonds is 5. The maximum atomic E-state index is 12.1. The number of fused-ring (bicyclic) bond motifs is 1. The average molecular weight is 346 g/mol. The monoisotopic (exact) mass is 346 g/mol. The molecule has 25 heavy (non-hydrogen) atoms. The molecule has 0 aliphatic carbocycles. The molecule has 2 aliphatic rings. The van der Waals surface area contributed by atoms with E-state index in [0.29, 0.717) is 13.1 Å². The van der Waals surface area contributed by atoms with Gasteiger partial charge in [0.05, 0.1) is 25.3 Å². The van der Waals surface area contributed by atoms with E-state index < -0.39 is 0 Å². The lowest BCUT2D eigenvalue weighted by atomic mass is 9.98. The number of aryl methyl sites for hydroxylation is 1. The largest absolute Gasteiger partial charge is 0.442 e. The summed E-state index contributed by atoms with van der Waals surface area (Å²) >= 11 is 0. The van der Waals surface area contributed by atoms with Gasteiger partial charge in [-0.15, -0.1) is 0 Å². The molecule has 0 saturated carbocycles. The Labute approximate surface area is 146 Å². The molecule has 2 unspecified atom stereocenters. The number of nitrogens with one attached hydrogen (secondary N) is 2. The molecule has 134 valence electrons. The first kappa shape index (κ1) is 17.1. The van der Waals surface area contributed by atoms with Crippen LogP contribution in [-0.4, -0.2) is 50.6 Å². The van der Waals surface area contributed by atoms with Crippen molar-refractivity contribution in [2.45, 2.75) is 31.9 Å². The number of carbonyl (C=O) groups excluding carboxylic acids is 2. The molecule has 3 rings (SSSR count). The highest BCUT2D eigenvalue weighted by Crippen LogP contribution is 2.30. The van der Waals surface area contributed by atoms with Crippen LogP contribution in [0.25, 0.3) is 0 Å². The van der Waals surface area contributed by atoms with Crippen LogP contribution in [0.15, 0.2) is 23.4 Å². The Morgan fingerprint density at radius 2 is 2.40 bits per heavy atom. The molecule has 2 amide bonds. The number of anilines is 2. The van der Waals surface area contributed by atoms with E-state index >= 15 is 0 Å². The number of benzene rings is 1. The summed E-state index contributed by atoms with van der Waals surface area (Å²) in [4.78, 5) is 29.4. The fourth-order valence-corrected chi connectivity index (χ4v) is 3.02. The summed E-state index contributed by atoms with van der Waals surface area (Å²) in [5.41, 5.74) is 2.99. The molecule has 1 fully saturated rings. The Hall–Kier alpha value is -2.77. The first-order valence-electron chi connectivity index (χ1n) is 8.25. The van der Waals surface area contributed by atoms with Gasteiger partial charge in [-0.25, -0.2) is 4.79 Å². The van der Waals surface area contributed by atoms with E-state index in [4.69, 9.17) is 9.57 Å². The predicted molar refractivity (Wildman–Crippen MR) is 94.0 cm³/mol. The Bertz CT molecular complexity index is 691. The van der Waals surface area contributed by atoms with Crippen LogP contribution in [0.5, 0.6) is 0 Å². The molecular formula is C17H22N4O4. The van der Waals surface area contributed by atoms with Gasteiger partial charge >= 0.3 is 6.09 Å². The second kappa shape index (κ2) is 7.42. The average Bonchev–Trinajstić information content (AvgIpc) is 2.98. The minimum absolute atomic E-state index is 0.136. The van der Waals surface area contributed by atoms with Gasteiger partial charge in [0, 0.05) is 18.3 Å². The zero-order valence-electron chi connectivity index (χ0n) is 14.3. The minimum Gasteiger partial charge on any atom is -0.442 e. The van der Waals surface area contributed by atoms with E-state index in [2.05, 4.69) is 15.8 Å². The number of carbonyl (C=O) groups is 2. The van der Waals surface area contributed by atoms with Crippen molar-refractivity contribution in [1.29, 1.82) is 0 Å². The Balaban J connectivity index is 1.67. The molecule has 0 bridgehead atoms. The molecule has 0 radical (unpaired) electrons. The van der Waals surface area contributed by atoms with Gasteiger partial charge in [-0.1, -0.05) is 5.16 Å². The molecular weight excluding hydrogens is 324 g/mol. The number of cyclic esters (lactones) is 1. The highest BCUT2D eigenvalue weighted by molar-refractivity contribution is 5.90. The summed E-state index contributed by atoms with van der Waals surface area (Å²) in [6.07, 6.45) is 2.82. The van der Waals surface area contributed by atoms with Gasteiger partial charge in [-0.3, -0.25) is 9.69 Å². The van der Waals surface area contributed by atoms with Crippen molar-refractivity contribution in [3.05, 3.63) is 23.8 Å². The number of oxime groups is 1. The lowest BCUT2D eigenvalue weighted by molar-refractivity contribution is -0.119. The van der Waals surface area contributed by atoms with Crippen molar-refractivity contribution < 1.29 is 19.2 Å². The Morgan fingerprint density at radius 1 is 1.56 bits per heavy atom. The van der Waals surface area contributed by atoms with Crippen LogP contribution in [0.1, 0.15) is 18.9 Å². The van der Waals surface area contributed by atoms with Crippen molar-refractivity contribution in [3.63, 3.8) is 0 Å². The van der Waals surface area contributed by atoms with E-state index in [1.807, 2.05) is 18.2 Å². The highest BCUT2D eigenvalue weighted by atomic mass is 16.6. The van der Waals surface area contributed by atoms with E-state index in [-0.39, 0.29) is 24.1 Å². The molecule has 0 aromatic heterocycles. The molecule has 2 aliphatic heterocycles. The van der Waals surface area contributed by atoms with Gasteiger partial charge in [0.1, 0.15) is 13.2 Å². The number of amides is 2. The fraction of sp³-hybridized carbons (Fsp3) is 0.471. The molecule has 2 heterocycles. The van der Waals surface area contributed by atoms with Crippen LogP contribution in [0.3, 0.4) is 0 Å². The quantitative estimate of drug-likeness (QED) is 0.623. The lowest BCUT2D eigenvalue weighted by Crippen LogP contribution is -2.33. The summed E-state index contributed by atoms with van der Waals surface area (Å²) in [6.45, 7) is 2.19. The van der Waals surface area contributed by atoms with E-state index in [1.54, 1.807) is 11.1 Å². The Kier molecular flexibility index (Phi) is 5.06. The zero-order chi connectivity index (χ0) is 17.8. The van der Waals surface area contributed by atoms with Crippen LogP contribution in [0.2, 0.25) is 0 Å². The third kappa shape index (κ3) is 4.01. The standard InChI is InChI=1S/C17H22N4O4/c1-11(22)18-9-15-10-21(17(23)25-15)14-5-6-16-12(7-14)3-4-13(20-16)8-19-24-2/h5-8,13,15,20H,3-4,9-10H2,1-2H3,(H,18,22). The van der Waals surface area contributed by atoms with E-state index in [9.17, 15) is 9.59 Å². The predicted octanol–water partition coefficient (Wildman–Crippen LogP) is 1.51. The van der Waals surface area contributed by atoms with Gasteiger partial charge in [0.25, 0.3) is 0 Å². The molecule has 8 heteroatoms. The zero-order valence-corrected chi connectivity index (χ0v) is 14.3. The maximum absolute atomic E-state index is 12.1. The number of nitrogens with zero attached hydrogens (tertiary/aromatic N) is 2. The van der Waals surface area contributed by atoms with Crippen molar-refractivity contribution >= 4 is 29.6 Å². The van der Waals surface area contributed by atoms with E-state index in [1.165, 1.54) is 14.0 Å². The van der Waals surface area contributed by atoms with Gasteiger partial charge < -0.3 is 20.2 Å². The first-order valence-corrected chi connectivity index (χ1v) is 8.25. The summed E-state index contributed by atoms with van der Waals surface area (Å²) in [6, 6.07) is 6.00. The second-order valence-electron chi connectivity index (χ2n) is 6.12. The lowest BCUT2D eigenvalue weighted by Gasteiger charge is -2.25. The van der Waals surface area contributed by atoms with Crippen molar-refractivity contribution in [1.82, 2.24) is 5.32 Å². The summed E-state index contributed by atoms with van der Waals surface area (Å²) in [5.74, 6) is -0.138. The third-order valence-corrected chi connectivity index (χ3v) is 4.27. The van der Waals surface area contributed by atoms with Crippen LogP contribution in [-0.2, 0) is 20.8 Å². The number of ether oxygens (including phenoxy) is 1. The van der Waals surface area contributed by atoms with Crippen molar-refractivity contribution in [2.75, 3.05) is 30.4 Å². The summed E-state index contributed by atoms with van der Waals surface area (Å²) in [5, 5.41) is 9.88. The van der Waals surface area contributed by atoms with Gasteiger partial charge in [0.15, 0.2) is 0 Å². The van der Waals surface area contributed by atoms with Gasteiger partial charge in [-0.2, -0.15) is 0 Å². The van der Waals surface area contributed by atoms with Crippen LogP contribution in [0.4, 0.5) is 16.2 Å². The van der Waals surface area contributed by atoms with Gasteiger partial charge in [-0.05, 0) is 36.6 Å². The van der Waals surface area contributed by atoms with Crippen LogP contribution in [0, 0.1) is 0 Å². The highest BCUT2D eigenvalue weighted by Gasteiger charge is 2.32. The molecule has 2 N–H and O–H groups in total. The molecule has 1 aromatic rings. The molecule has 0 spiro atoms. The fourth-order valence-electron chi connectivity index (χ4n) is 3.02. The minimum atomic E-state index is -0.385. The number of hydrogen-bond donors (Lipinski definition) is 2. The second-order valence-corrected chi connectivity index (χ2v) is 6.12. The summed E-state index contributed by atoms with van der Waals surface area (Å²) in [7, 11) is 1.52. The summed E-state index contributed by atoms with van der Waals surface area (Å²) < 4.78 is 5.31. The normalized spacial score (nSPS) is 22.3. The van der Waals surface area contributed by atoms with Crippen molar-refractivity contribution in [2.24, 2.45) is 5.16 Å². The smallest absolute Gasteiger partial charge is 0.414 e. The van der Waals surface area contributed by atoms with Crippen molar-refractivity contribution in [3.8, 4) is 0 Å². The SMILES string of the molecule is CON=CC1CCc2cc(N3CC(CNC(C)=O)OC3=O)ccc2N1. The van der Waals surface area contributed by atoms with Gasteiger partial charge in [0.2, 0.25) is 5.91 Å².